The summed E-state index contributed by atoms with van der Waals surface area (Å²) < 4.78 is 1.26. The Kier molecular flexibility index (Phi) is 5.40. The zero-order valence-electron chi connectivity index (χ0n) is 14.7. The fourth-order valence-corrected chi connectivity index (χ4v) is 3.93. The average molecular weight is 462 g/mol. The summed E-state index contributed by atoms with van der Waals surface area (Å²) in [5.74, 6) is 0.938. The molecule has 3 heterocycles. The molecule has 136 valence electrons. The number of nitrogens with one attached hydrogen (secondary N) is 1. The highest BCUT2D eigenvalue weighted by Crippen LogP contribution is 2.20. The van der Waals surface area contributed by atoms with E-state index in [1.54, 1.807) is 0 Å². The number of anilines is 1. The molecular weight excluding hydrogens is 439 g/mol. The minimum Gasteiger partial charge on any atom is -0.370 e. The molecule has 1 amide bonds. The third-order valence-corrected chi connectivity index (χ3v) is 5.81. The van der Waals surface area contributed by atoms with Crippen LogP contribution in [0.4, 0.5) is 5.82 Å². The maximum absolute atomic E-state index is 12.8. The molecule has 0 saturated carbocycles. The standard InChI is InChI=1S/C20H23IN4O/c21-17-6-3-15(4-7-17)14-24-10-12-25(13-11-24)20(26)18-8-5-16-2-1-9-22-19(16)23-18/h3-8H,1-2,9-14H2,(H,22,23). The Morgan fingerprint density at radius 1 is 1.08 bits per heavy atom. The van der Waals surface area contributed by atoms with Gasteiger partial charge in [-0.3, -0.25) is 9.69 Å². The van der Waals surface area contributed by atoms with Gasteiger partial charge in [0, 0.05) is 42.8 Å². The number of nitrogens with zero attached hydrogens (tertiary/aromatic N) is 3. The molecule has 1 N–H and O–H groups in total. The minimum atomic E-state index is 0.0501. The molecule has 2 aliphatic heterocycles. The van der Waals surface area contributed by atoms with Crippen LogP contribution in [0.5, 0.6) is 0 Å². The number of amides is 1. The van der Waals surface area contributed by atoms with Gasteiger partial charge in [-0.05, 0) is 64.8 Å². The van der Waals surface area contributed by atoms with Gasteiger partial charge in [-0.1, -0.05) is 18.2 Å². The highest BCUT2D eigenvalue weighted by molar-refractivity contribution is 14.1. The van der Waals surface area contributed by atoms with Gasteiger partial charge >= 0.3 is 0 Å². The first-order chi connectivity index (χ1) is 12.7. The van der Waals surface area contributed by atoms with Crippen LogP contribution in [0, 0.1) is 3.57 Å². The number of halogens is 1. The number of piperazine rings is 1. The van der Waals surface area contributed by atoms with Crippen molar-refractivity contribution in [1.29, 1.82) is 0 Å². The van der Waals surface area contributed by atoms with Crippen molar-refractivity contribution in [3.63, 3.8) is 0 Å². The topological polar surface area (TPSA) is 48.5 Å². The minimum absolute atomic E-state index is 0.0501. The number of aryl methyl sites for hydroxylation is 1. The van der Waals surface area contributed by atoms with E-state index < -0.39 is 0 Å². The van der Waals surface area contributed by atoms with Crippen molar-refractivity contribution in [2.45, 2.75) is 19.4 Å². The Balaban J connectivity index is 1.35. The Labute approximate surface area is 167 Å². The molecule has 4 rings (SSSR count). The van der Waals surface area contributed by atoms with Crippen LogP contribution in [0.3, 0.4) is 0 Å². The van der Waals surface area contributed by atoms with E-state index >= 15 is 0 Å². The molecule has 1 saturated heterocycles. The van der Waals surface area contributed by atoms with Crippen LogP contribution in [0.25, 0.3) is 0 Å². The molecule has 0 bridgehead atoms. The van der Waals surface area contributed by atoms with Gasteiger partial charge in [-0.15, -0.1) is 0 Å². The van der Waals surface area contributed by atoms with E-state index in [0.717, 1.165) is 57.9 Å². The van der Waals surface area contributed by atoms with Crippen molar-refractivity contribution < 1.29 is 4.79 Å². The number of aromatic nitrogens is 1. The maximum atomic E-state index is 12.8. The van der Waals surface area contributed by atoms with Crippen LogP contribution in [-0.2, 0) is 13.0 Å². The van der Waals surface area contributed by atoms with Crippen LogP contribution >= 0.6 is 22.6 Å². The van der Waals surface area contributed by atoms with E-state index in [-0.39, 0.29) is 5.91 Å². The molecule has 26 heavy (non-hydrogen) atoms. The molecule has 2 aromatic rings. The van der Waals surface area contributed by atoms with Gasteiger partial charge < -0.3 is 10.2 Å². The van der Waals surface area contributed by atoms with Crippen molar-refractivity contribution in [3.05, 3.63) is 56.8 Å². The molecule has 1 aromatic carbocycles. The molecule has 2 aliphatic rings. The van der Waals surface area contributed by atoms with Gasteiger partial charge in [0.05, 0.1) is 0 Å². The van der Waals surface area contributed by atoms with Crippen molar-refractivity contribution in [3.8, 4) is 0 Å². The molecule has 6 heteroatoms. The highest BCUT2D eigenvalue weighted by atomic mass is 127. The van der Waals surface area contributed by atoms with E-state index in [0.29, 0.717) is 5.69 Å². The SMILES string of the molecule is O=C(c1ccc2c(n1)NCCC2)N1CCN(Cc2ccc(I)cc2)CC1. The van der Waals surface area contributed by atoms with Crippen LogP contribution in [-0.4, -0.2) is 53.4 Å². The Morgan fingerprint density at radius 3 is 2.62 bits per heavy atom. The second-order valence-corrected chi connectivity index (χ2v) is 8.17. The predicted octanol–water partition coefficient (Wildman–Crippen LogP) is 3.00. The fourth-order valence-electron chi connectivity index (χ4n) is 3.57. The molecular formula is C20H23IN4O. The molecule has 0 spiro atoms. The van der Waals surface area contributed by atoms with Gasteiger partial charge in [0.2, 0.25) is 0 Å². The lowest BCUT2D eigenvalue weighted by molar-refractivity contribution is 0.0623. The second kappa shape index (κ2) is 7.92. The fraction of sp³-hybridized carbons (Fsp3) is 0.400. The molecule has 0 unspecified atom stereocenters. The number of carbonyl (C=O) groups is 1. The Hall–Kier alpha value is -1.67. The maximum Gasteiger partial charge on any atom is 0.272 e. The van der Waals surface area contributed by atoms with E-state index in [4.69, 9.17) is 0 Å². The summed E-state index contributed by atoms with van der Waals surface area (Å²) in [4.78, 5) is 21.7. The van der Waals surface area contributed by atoms with E-state index in [1.807, 2.05) is 11.0 Å². The second-order valence-electron chi connectivity index (χ2n) is 6.93. The third-order valence-electron chi connectivity index (χ3n) is 5.09. The largest absolute Gasteiger partial charge is 0.370 e. The Bertz CT molecular complexity index is 785. The lowest BCUT2D eigenvalue weighted by Gasteiger charge is -2.34. The first-order valence-corrected chi connectivity index (χ1v) is 10.3. The predicted molar refractivity (Wildman–Crippen MR) is 111 cm³/mol. The van der Waals surface area contributed by atoms with Crippen LogP contribution in [0.15, 0.2) is 36.4 Å². The van der Waals surface area contributed by atoms with Gasteiger partial charge in [0.25, 0.3) is 5.91 Å². The normalized spacial score (nSPS) is 17.5. The van der Waals surface area contributed by atoms with E-state index in [9.17, 15) is 4.79 Å². The van der Waals surface area contributed by atoms with E-state index in [2.05, 4.69) is 68.1 Å². The van der Waals surface area contributed by atoms with E-state index in [1.165, 1.54) is 14.7 Å². The zero-order valence-corrected chi connectivity index (χ0v) is 16.9. The van der Waals surface area contributed by atoms with Crippen molar-refractivity contribution >= 4 is 34.3 Å². The summed E-state index contributed by atoms with van der Waals surface area (Å²) in [6, 6.07) is 12.6. The first kappa shape index (κ1) is 17.7. The molecule has 1 aromatic heterocycles. The third kappa shape index (κ3) is 4.01. The lowest BCUT2D eigenvalue weighted by atomic mass is 10.1. The van der Waals surface area contributed by atoms with Gasteiger partial charge in [0.15, 0.2) is 0 Å². The lowest BCUT2D eigenvalue weighted by Crippen LogP contribution is -2.48. The number of carbonyl (C=O) groups excluding carboxylic acids is 1. The van der Waals surface area contributed by atoms with Gasteiger partial charge in [0.1, 0.15) is 11.5 Å². The summed E-state index contributed by atoms with van der Waals surface area (Å²) in [7, 11) is 0. The van der Waals surface area contributed by atoms with Crippen molar-refractivity contribution in [2.24, 2.45) is 0 Å². The zero-order chi connectivity index (χ0) is 17.9. The molecule has 0 atom stereocenters. The number of rotatable bonds is 3. The number of hydrogen-bond acceptors (Lipinski definition) is 4. The summed E-state index contributed by atoms with van der Waals surface area (Å²) in [5.41, 5.74) is 3.10. The van der Waals surface area contributed by atoms with Crippen molar-refractivity contribution in [1.82, 2.24) is 14.8 Å². The van der Waals surface area contributed by atoms with Crippen LogP contribution in [0.1, 0.15) is 28.0 Å². The van der Waals surface area contributed by atoms with Crippen LogP contribution in [0.2, 0.25) is 0 Å². The van der Waals surface area contributed by atoms with Crippen molar-refractivity contribution in [2.75, 3.05) is 38.0 Å². The number of benzene rings is 1. The van der Waals surface area contributed by atoms with Gasteiger partial charge in [-0.2, -0.15) is 0 Å². The average Bonchev–Trinajstić information content (AvgIpc) is 2.69. The smallest absolute Gasteiger partial charge is 0.272 e. The molecule has 0 radical (unpaired) electrons. The number of fused-ring (bicyclic) bond motifs is 1. The summed E-state index contributed by atoms with van der Waals surface area (Å²) >= 11 is 2.33. The number of pyridine rings is 1. The molecule has 0 aliphatic carbocycles. The van der Waals surface area contributed by atoms with Gasteiger partial charge in [-0.25, -0.2) is 4.98 Å². The quantitative estimate of drug-likeness (QED) is 0.713. The summed E-state index contributed by atoms with van der Waals surface area (Å²) in [5, 5.41) is 3.31. The monoisotopic (exact) mass is 462 g/mol. The summed E-state index contributed by atoms with van der Waals surface area (Å²) in [6.45, 7) is 5.21. The molecule has 1 fully saturated rings. The Morgan fingerprint density at radius 2 is 1.85 bits per heavy atom. The summed E-state index contributed by atoms with van der Waals surface area (Å²) in [6.07, 6.45) is 2.17. The number of hydrogen-bond donors (Lipinski definition) is 1. The van der Waals surface area contributed by atoms with Crippen LogP contribution < -0.4 is 5.32 Å². The first-order valence-electron chi connectivity index (χ1n) is 9.19. The highest BCUT2D eigenvalue weighted by Gasteiger charge is 2.24. The molecule has 5 nitrogen and oxygen atoms in total.